The molecule has 8 heteroatoms. The lowest BCUT2D eigenvalue weighted by Crippen LogP contribution is -2.62. The minimum atomic E-state index is -1.11. The number of carboxylic acids is 1. The zero-order chi connectivity index (χ0) is 23.3. The third-order valence-electron chi connectivity index (χ3n) is 7.29. The standard InChI is InChI=1S/C24H35N3O5/c1-14(2)13-32-20-18(21(28)29)12-25-27(20)6-5-23(3,4)22(30)26-19-16-7-15-8-17(19)11-24(31,9-15)10-16/h5-6,12,14-17,19,31H,7-11,13H2,1-4H3,(H,26,30)(H,28,29)/b6-5+. The molecule has 5 rings (SSSR count). The first-order valence-electron chi connectivity index (χ1n) is 11.6. The highest BCUT2D eigenvalue weighted by Crippen LogP contribution is 2.55. The highest BCUT2D eigenvalue weighted by atomic mass is 16.5. The number of rotatable bonds is 8. The summed E-state index contributed by atoms with van der Waals surface area (Å²) in [6, 6.07) is 0.111. The number of nitrogens with zero attached hydrogens (tertiary/aromatic N) is 2. The second-order valence-corrected chi connectivity index (χ2v) is 11.0. The predicted molar refractivity (Wildman–Crippen MR) is 119 cm³/mol. The second-order valence-electron chi connectivity index (χ2n) is 11.0. The predicted octanol–water partition coefficient (Wildman–Crippen LogP) is 3.17. The number of carbonyl (C=O) groups excluding carboxylic acids is 1. The van der Waals surface area contributed by atoms with Crippen molar-refractivity contribution in [3.63, 3.8) is 0 Å². The molecular formula is C24H35N3O5. The van der Waals surface area contributed by atoms with Crippen LogP contribution in [0.3, 0.4) is 0 Å². The van der Waals surface area contributed by atoms with Crippen LogP contribution in [-0.4, -0.2) is 50.1 Å². The Labute approximate surface area is 189 Å². The van der Waals surface area contributed by atoms with Crippen LogP contribution in [0.15, 0.2) is 12.3 Å². The number of carboxylic acid groups (broad SMARTS) is 1. The summed E-state index contributed by atoms with van der Waals surface area (Å²) in [5, 5.41) is 27.6. The lowest BCUT2D eigenvalue weighted by molar-refractivity contribution is -0.149. The lowest BCUT2D eigenvalue weighted by Gasteiger charge is -2.58. The number of amides is 1. The summed E-state index contributed by atoms with van der Waals surface area (Å²) in [6.45, 7) is 7.99. The Balaban J connectivity index is 1.46. The first kappa shape index (κ1) is 22.8. The van der Waals surface area contributed by atoms with Crippen LogP contribution in [-0.2, 0) is 4.79 Å². The van der Waals surface area contributed by atoms with Crippen LogP contribution in [0.25, 0.3) is 6.20 Å². The van der Waals surface area contributed by atoms with Gasteiger partial charge < -0.3 is 20.3 Å². The van der Waals surface area contributed by atoms with Crippen molar-refractivity contribution in [3.8, 4) is 5.88 Å². The summed E-state index contributed by atoms with van der Waals surface area (Å²) in [7, 11) is 0. The maximum Gasteiger partial charge on any atom is 0.342 e. The summed E-state index contributed by atoms with van der Waals surface area (Å²) in [4.78, 5) is 24.7. The van der Waals surface area contributed by atoms with Crippen molar-refractivity contribution in [3.05, 3.63) is 17.8 Å². The number of carbonyl (C=O) groups is 2. The summed E-state index contributed by atoms with van der Waals surface area (Å²) >= 11 is 0. The maximum absolute atomic E-state index is 13.2. The van der Waals surface area contributed by atoms with Crippen molar-refractivity contribution in [2.75, 3.05) is 6.61 Å². The van der Waals surface area contributed by atoms with Gasteiger partial charge in [0.05, 0.1) is 23.8 Å². The summed E-state index contributed by atoms with van der Waals surface area (Å²) in [6.07, 6.45) is 9.23. The van der Waals surface area contributed by atoms with Crippen LogP contribution < -0.4 is 10.1 Å². The molecule has 3 N–H and O–H groups in total. The van der Waals surface area contributed by atoms with Crippen LogP contribution in [0.4, 0.5) is 0 Å². The van der Waals surface area contributed by atoms with Crippen LogP contribution in [0, 0.1) is 29.1 Å². The topological polar surface area (TPSA) is 114 Å². The normalized spacial score (nSPS) is 31.4. The lowest BCUT2D eigenvalue weighted by atomic mass is 9.52. The molecule has 1 heterocycles. The van der Waals surface area contributed by atoms with Crippen molar-refractivity contribution >= 4 is 18.1 Å². The number of nitrogens with one attached hydrogen (secondary N) is 1. The molecule has 0 radical (unpaired) electrons. The molecule has 1 aromatic heterocycles. The van der Waals surface area contributed by atoms with Crippen molar-refractivity contribution in [2.45, 2.75) is 71.4 Å². The largest absolute Gasteiger partial charge is 0.477 e. The van der Waals surface area contributed by atoms with Gasteiger partial charge in [0.15, 0.2) is 0 Å². The molecule has 2 atom stereocenters. The molecule has 8 nitrogen and oxygen atoms in total. The second kappa shape index (κ2) is 8.21. The molecule has 0 spiro atoms. The van der Waals surface area contributed by atoms with Crippen LogP contribution in [0.1, 0.15) is 70.2 Å². The average molecular weight is 446 g/mol. The Morgan fingerprint density at radius 3 is 2.53 bits per heavy atom. The SMILES string of the molecule is CC(C)COc1c(C(=O)O)cnn1/C=C/C(C)(C)C(=O)NC1C2CC3CC1CC(O)(C3)C2. The van der Waals surface area contributed by atoms with Gasteiger partial charge in [-0.2, -0.15) is 5.10 Å². The highest BCUT2D eigenvalue weighted by Gasteiger charge is 2.55. The Hall–Kier alpha value is -2.35. The van der Waals surface area contributed by atoms with E-state index in [9.17, 15) is 19.8 Å². The fourth-order valence-corrected chi connectivity index (χ4v) is 5.88. The van der Waals surface area contributed by atoms with E-state index in [1.54, 1.807) is 12.3 Å². The smallest absolute Gasteiger partial charge is 0.342 e. The van der Waals surface area contributed by atoms with Crippen LogP contribution in [0.2, 0.25) is 0 Å². The molecule has 0 aromatic carbocycles. The Morgan fingerprint density at radius 1 is 1.31 bits per heavy atom. The molecule has 0 saturated heterocycles. The molecule has 4 bridgehead atoms. The molecule has 176 valence electrons. The Morgan fingerprint density at radius 2 is 1.97 bits per heavy atom. The maximum atomic E-state index is 13.2. The van der Waals surface area contributed by atoms with Gasteiger partial charge in [-0.1, -0.05) is 19.9 Å². The molecule has 1 aromatic rings. The van der Waals surface area contributed by atoms with E-state index in [-0.39, 0.29) is 29.3 Å². The zero-order valence-corrected chi connectivity index (χ0v) is 19.4. The third kappa shape index (κ3) is 4.42. The molecular weight excluding hydrogens is 410 g/mol. The first-order chi connectivity index (χ1) is 15.0. The molecule has 4 fully saturated rings. The van der Waals surface area contributed by atoms with Crippen molar-refractivity contribution in [1.29, 1.82) is 0 Å². The van der Waals surface area contributed by atoms with Gasteiger partial charge in [-0.05, 0) is 69.6 Å². The molecule has 2 unspecified atom stereocenters. The van der Waals surface area contributed by atoms with E-state index in [0.29, 0.717) is 24.4 Å². The van der Waals surface area contributed by atoms with E-state index in [0.717, 1.165) is 32.1 Å². The van der Waals surface area contributed by atoms with E-state index in [4.69, 9.17) is 4.74 Å². The van der Waals surface area contributed by atoms with Crippen molar-refractivity contribution in [1.82, 2.24) is 15.1 Å². The third-order valence-corrected chi connectivity index (χ3v) is 7.29. The van der Waals surface area contributed by atoms with Crippen LogP contribution in [0.5, 0.6) is 5.88 Å². The molecule has 1 amide bonds. The molecule has 32 heavy (non-hydrogen) atoms. The van der Waals surface area contributed by atoms with Crippen molar-refractivity contribution < 1.29 is 24.5 Å². The molecule has 4 aliphatic rings. The van der Waals surface area contributed by atoms with Gasteiger partial charge in [-0.15, -0.1) is 0 Å². The van der Waals surface area contributed by atoms with E-state index >= 15 is 0 Å². The number of hydrogen-bond acceptors (Lipinski definition) is 5. The summed E-state index contributed by atoms with van der Waals surface area (Å²) in [5.41, 5.74) is -1.36. The van der Waals surface area contributed by atoms with Gasteiger partial charge in [-0.25, -0.2) is 9.48 Å². The van der Waals surface area contributed by atoms with Crippen LogP contribution >= 0.6 is 0 Å². The van der Waals surface area contributed by atoms with Gasteiger partial charge in [0, 0.05) is 12.2 Å². The van der Waals surface area contributed by atoms with Gasteiger partial charge >= 0.3 is 5.97 Å². The highest BCUT2D eigenvalue weighted by molar-refractivity contribution is 5.90. The quantitative estimate of drug-likeness (QED) is 0.566. The zero-order valence-electron chi connectivity index (χ0n) is 19.4. The first-order valence-corrected chi connectivity index (χ1v) is 11.6. The number of aliphatic hydroxyl groups is 1. The van der Waals surface area contributed by atoms with Gasteiger partial charge in [-0.3, -0.25) is 4.79 Å². The molecule has 4 saturated carbocycles. The van der Waals surface area contributed by atoms with E-state index in [1.807, 2.05) is 27.7 Å². The monoisotopic (exact) mass is 445 g/mol. The number of aromatic nitrogens is 2. The van der Waals surface area contributed by atoms with Crippen molar-refractivity contribution in [2.24, 2.45) is 29.1 Å². The Bertz CT molecular complexity index is 903. The fraction of sp³-hybridized carbons (Fsp3) is 0.708. The average Bonchev–Trinajstić information content (AvgIpc) is 3.09. The van der Waals surface area contributed by atoms with E-state index < -0.39 is 17.0 Å². The number of ether oxygens (including phenoxy) is 1. The summed E-state index contributed by atoms with van der Waals surface area (Å²) in [5.74, 6) is 0.479. The minimum Gasteiger partial charge on any atom is -0.477 e. The van der Waals surface area contributed by atoms with E-state index in [1.165, 1.54) is 10.9 Å². The molecule has 0 aliphatic heterocycles. The number of hydrogen-bond donors (Lipinski definition) is 3. The van der Waals surface area contributed by atoms with Gasteiger partial charge in [0.2, 0.25) is 11.8 Å². The summed E-state index contributed by atoms with van der Waals surface area (Å²) < 4.78 is 7.07. The Kier molecular flexibility index (Phi) is 5.86. The minimum absolute atomic E-state index is 0.0101. The number of aromatic carboxylic acids is 1. The van der Waals surface area contributed by atoms with E-state index in [2.05, 4.69) is 10.4 Å². The molecule has 4 aliphatic carbocycles. The van der Waals surface area contributed by atoms with Gasteiger partial charge in [0.1, 0.15) is 5.56 Å². The fourth-order valence-electron chi connectivity index (χ4n) is 5.88. The van der Waals surface area contributed by atoms with Gasteiger partial charge in [0.25, 0.3) is 0 Å².